The molecule has 1 heterocycles. The topological polar surface area (TPSA) is 88.9 Å². The first-order valence-electron chi connectivity index (χ1n) is 10.3. The second kappa shape index (κ2) is 10.4. The fourth-order valence-corrected chi connectivity index (χ4v) is 4.34. The molecule has 0 atom stereocenters. The molecule has 0 aliphatic heterocycles. The number of benzene rings is 1. The first kappa shape index (κ1) is 21.4. The number of nitrogens with zero attached hydrogens (tertiary/aromatic N) is 3. The van der Waals surface area contributed by atoms with E-state index in [1.165, 1.54) is 31.0 Å². The highest BCUT2D eigenvalue weighted by Crippen LogP contribution is 2.20. The molecule has 0 saturated heterocycles. The van der Waals surface area contributed by atoms with Crippen LogP contribution in [0.4, 0.5) is 5.69 Å². The van der Waals surface area contributed by atoms with Gasteiger partial charge in [-0.2, -0.15) is 0 Å². The van der Waals surface area contributed by atoms with Gasteiger partial charge in [0.05, 0.1) is 12.2 Å². The Bertz CT molecular complexity index is 828. The SMILES string of the molecule is CCn1c(CC(=O)Nc2ccc(C)cc2)nnc1SCC(=O)NC1CCCCC1. The summed E-state index contributed by atoms with van der Waals surface area (Å²) in [4.78, 5) is 24.6. The summed E-state index contributed by atoms with van der Waals surface area (Å²) in [6, 6.07) is 7.98. The van der Waals surface area contributed by atoms with Gasteiger partial charge >= 0.3 is 0 Å². The molecule has 2 aromatic rings. The quantitative estimate of drug-likeness (QED) is 0.646. The zero-order valence-corrected chi connectivity index (χ0v) is 17.9. The van der Waals surface area contributed by atoms with E-state index in [0.717, 1.165) is 24.1 Å². The molecule has 2 amide bonds. The number of thioether (sulfide) groups is 1. The van der Waals surface area contributed by atoms with Crippen LogP contribution in [0, 0.1) is 6.92 Å². The number of hydrogen-bond donors (Lipinski definition) is 2. The van der Waals surface area contributed by atoms with Crippen LogP contribution in [0.25, 0.3) is 0 Å². The van der Waals surface area contributed by atoms with Gasteiger partial charge < -0.3 is 15.2 Å². The number of anilines is 1. The van der Waals surface area contributed by atoms with Crippen LogP contribution >= 0.6 is 11.8 Å². The summed E-state index contributed by atoms with van der Waals surface area (Å²) in [6.07, 6.45) is 5.93. The lowest BCUT2D eigenvalue weighted by atomic mass is 9.95. The number of aromatic nitrogens is 3. The van der Waals surface area contributed by atoms with Crippen molar-refractivity contribution in [3.8, 4) is 0 Å². The van der Waals surface area contributed by atoms with Crippen molar-refractivity contribution in [3.05, 3.63) is 35.7 Å². The molecule has 0 unspecified atom stereocenters. The van der Waals surface area contributed by atoms with Crippen molar-refractivity contribution in [1.82, 2.24) is 20.1 Å². The lowest BCUT2D eigenvalue weighted by molar-refractivity contribution is -0.119. The van der Waals surface area contributed by atoms with Crippen LogP contribution in [-0.2, 0) is 22.6 Å². The Labute approximate surface area is 176 Å². The summed E-state index contributed by atoms with van der Waals surface area (Å²) < 4.78 is 1.90. The predicted molar refractivity (Wildman–Crippen MR) is 115 cm³/mol. The average Bonchev–Trinajstić information content (AvgIpc) is 3.10. The third kappa shape index (κ3) is 6.32. The fraction of sp³-hybridized carbons (Fsp3) is 0.524. The molecular formula is C21H29N5O2S. The van der Waals surface area contributed by atoms with Crippen LogP contribution in [0.15, 0.2) is 29.4 Å². The lowest BCUT2D eigenvalue weighted by Crippen LogP contribution is -2.37. The van der Waals surface area contributed by atoms with Crippen LogP contribution in [0.5, 0.6) is 0 Å². The molecule has 0 radical (unpaired) electrons. The maximum absolute atomic E-state index is 12.4. The molecule has 3 rings (SSSR count). The maximum atomic E-state index is 12.4. The van der Waals surface area contributed by atoms with Crippen LogP contribution in [0.3, 0.4) is 0 Å². The van der Waals surface area contributed by atoms with Crippen molar-refractivity contribution in [2.75, 3.05) is 11.1 Å². The standard InChI is InChI=1S/C21H29N5O2S/c1-3-26-18(13-19(27)22-17-11-9-15(2)10-12-17)24-25-21(26)29-14-20(28)23-16-7-5-4-6-8-16/h9-12,16H,3-8,13-14H2,1-2H3,(H,22,27)(H,23,28). The van der Waals surface area contributed by atoms with Gasteiger partial charge in [0.15, 0.2) is 5.16 Å². The molecule has 0 bridgehead atoms. The summed E-state index contributed by atoms with van der Waals surface area (Å²) in [5.74, 6) is 0.811. The molecule has 7 nitrogen and oxygen atoms in total. The minimum absolute atomic E-state index is 0.0335. The van der Waals surface area contributed by atoms with Crippen LogP contribution in [0.1, 0.15) is 50.4 Å². The second-order valence-electron chi connectivity index (χ2n) is 7.43. The summed E-state index contributed by atoms with van der Waals surface area (Å²) in [5.41, 5.74) is 1.90. The molecule has 2 N–H and O–H groups in total. The van der Waals surface area contributed by atoms with Crippen molar-refractivity contribution in [2.45, 2.75) is 70.1 Å². The number of amides is 2. The Morgan fingerprint density at radius 2 is 1.83 bits per heavy atom. The molecule has 1 saturated carbocycles. The highest BCUT2D eigenvalue weighted by molar-refractivity contribution is 7.99. The third-order valence-electron chi connectivity index (χ3n) is 5.07. The highest BCUT2D eigenvalue weighted by atomic mass is 32.2. The average molecular weight is 416 g/mol. The molecule has 1 fully saturated rings. The van der Waals surface area contributed by atoms with E-state index in [9.17, 15) is 9.59 Å². The number of carbonyl (C=O) groups is 2. The lowest BCUT2D eigenvalue weighted by Gasteiger charge is -2.22. The van der Waals surface area contributed by atoms with Gasteiger partial charge in [0.25, 0.3) is 0 Å². The van der Waals surface area contributed by atoms with Gasteiger partial charge in [-0.3, -0.25) is 9.59 Å². The van der Waals surface area contributed by atoms with Crippen molar-refractivity contribution < 1.29 is 9.59 Å². The van der Waals surface area contributed by atoms with E-state index in [4.69, 9.17) is 0 Å². The highest BCUT2D eigenvalue weighted by Gasteiger charge is 2.18. The predicted octanol–water partition coefficient (Wildman–Crippen LogP) is 3.33. The van der Waals surface area contributed by atoms with Crippen molar-refractivity contribution in [3.63, 3.8) is 0 Å². The van der Waals surface area contributed by atoms with Crippen LogP contribution in [0.2, 0.25) is 0 Å². The summed E-state index contributed by atoms with van der Waals surface area (Å²) in [7, 11) is 0. The van der Waals surface area contributed by atoms with E-state index >= 15 is 0 Å². The smallest absolute Gasteiger partial charge is 0.232 e. The van der Waals surface area contributed by atoms with Crippen molar-refractivity contribution >= 4 is 29.3 Å². The Balaban J connectivity index is 1.52. The minimum atomic E-state index is -0.137. The first-order chi connectivity index (χ1) is 14.0. The van der Waals surface area contributed by atoms with Crippen LogP contribution < -0.4 is 10.6 Å². The summed E-state index contributed by atoms with van der Waals surface area (Å²) in [5, 5.41) is 15.0. The molecule has 1 aliphatic carbocycles. The fourth-order valence-electron chi connectivity index (χ4n) is 3.51. The molecule has 8 heteroatoms. The second-order valence-corrected chi connectivity index (χ2v) is 8.37. The van der Waals surface area contributed by atoms with Gasteiger partial charge in [-0.15, -0.1) is 10.2 Å². The van der Waals surface area contributed by atoms with Crippen LogP contribution in [-0.4, -0.2) is 38.4 Å². The number of hydrogen-bond acceptors (Lipinski definition) is 5. The number of rotatable bonds is 8. The maximum Gasteiger partial charge on any atom is 0.232 e. The zero-order valence-electron chi connectivity index (χ0n) is 17.1. The molecule has 1 aromatic carbocycles. The number of nitrogens with one attached hydrogen (secondary N) is 2. The molecule has 156 valence electrons. The van der Waals surface area contributed by atoms with E-state index in [2.05, 4.69) is 20.8 Å². The molecule has 1 aromatic heterocycles. The van der Waals surface area contributed by atoms with Gasteiger partial charge in [-0.1, -0.05) is 48.7 Å². The van der Waals surface area contributed by atoms with E-state index in [0.29, 0.717) is 29.3 Å². The molecular weight excluding hydrogens is 386 g/mol. The van der Waals surface area contributed by atoms with Gasteiger partial charge in [0.1, 0.15) is 5.82 Å². The van der Waals surface area contributed by atoms with Crippen molar-refractivity contribution in [2.24, 2.45) is 0 Å². The van der Waals surface area contributed by atoms with E-state index in [1.807, 2.05) is 42.7 Å². The monoisotopic (exact) mass is 415 g/mol. The summed E-state index contributed by atoms with van der Waals surface area (Å²) in [6.45, 7) is 4.63. The normalized spacial score (nSPS) is 14.6. The molecule has 29 heavy (non-hydrogen) atoms. The Kier molecular flexibility index (Phi) is 7.69. The Hall–Kier alpha value is -2.35. The summed E-state index contributed by atoms with van der Waals surface area (Å²) >= 11 is 1.37. The molecule has 0 spiro atoms. The Morgan fingerprint density at radius 1 is 1.10 bits per heavy atom. The first-order valence-corrected chi connectivity index (χ1v) is 11.2. The zero-order chi connectivity index (χ0) is 20.6. The van der Waals surface area contributed by atoms with Crippen molar-refractivity contribution in [1.29, 1.82) is 0 Å². The van der Waals surface area contributed by atoms with E-state index in [-0.39, 0.29) is 18.2 Å². The minimum Gasteiger partial charge on any atom is -0.353 e. The Morgan fingerprint density at radius 3 is 2.52 bits per heavy atom. The third-order valence-corrected chi connectivity index (χ3v) is 6.03. The van der Waals surface area contributed by atoms with Gasteiger partial charge in [-0.25, -0.2) is 0 Å². The number of aryl methyl sites for hydroxylation is 1. The van der Waals surface area contributed by atoms with Gasteiger partial charge in [0.2, 0.25) is 11.8 Å². The largest absolute Gasteiger partial charge is 0.353 e. The van der Waals surface area contributed by atoms with Gasteiger partial charge in [-0.05, 0) is 38.8 Å². The van der Waals surface area contributed by atoms with E-state index < -0.39 is 0 Å². The number of carbonyl (C=O) groups excluding carboxylic acids is 2. The van der Waals surface area contributed by atoms with E-state index in [1.54, 1.807) is 0 Å². The molecule has 1 aliphatic rings. The van der Waals surface area contributed by atoms with Gasteiger partial charge in [0, 0.05) is 18.3 Å².